The van der Waals surface area contributed by atoms with Gasteiger partial charge in [-0.05, 0) is 29.7 Å². The molecule has 2 N–H and O–H groups in total. The zero-order valence-electron chi connectivity index (χ0n) is 15.3. The quantitative estimate of drug-likeness (QED) is 0.686. The lowest BCUT2D eigenvalue weighted by molar-refractivity contribution is -0.119. The fraction of sp³-hybridized carbons (Fsp3) is 0.250. The smallest absolute Gasteiger partial charge is 0.252 e. The van der Waals surface area contributed by atoms with Gasteiger partial charge in [-0.1, -0.05) is 54.1 Å². The molecule has 1 amide bonds. The van der Waals surface area contributed by atoms with Crippen LogP contribution in [0.15, 0.2) is 54.6 Å². The first-order chi connectivity index (χ1) is 13.6. The van der Waals surface area contributed by atoms with E-state index in [1.165, 1.54) is 12.7 Å². The SMILES string of the molecule is COCC(=O)Nc1nc2n(n1)[C@H](c1ccc(Cl)cc1)C[C@@H](c1ccccc1)N2. The van der Waals surface area contributed by atoms with Crippen molar-refractivity contribution in [1.29, 1.82) is 0 Å². The second-order valence-corrected chi connectivity index (χ2v) is 7.03. The van der Waals surface area contributed by atoms with E-state index >= 15 is 0 Å². The summed E-state index contributed by atoms with van der Waals surface area (Å²) in [6.07, 6.45) is 0.785. The van der Waals surface area contributed by atoms with Gasteiger partial charge in [0.1, 0.15) is 6.61 Å². The third-order valence-electron chi connectivity index (χ3n) is 4.67. The number of hydrogen-bond donors (Lipinski definition) is 2. The van der Waals surface area contributed by atoms with Crippen molar-refractivity contribution in [3.8, 4) is 0 Å². The van der Waals surface area contributed by atoms with Crippen LogP contribution >= 0.6 is 11.6 Å². The number of anilines is 2. The number of ether oxygens (including phenoxy) is 1. The van der Waals surface area contributed by atoms with Gasteiger partial charge in [-0.25, -0.2) is 4.68 Å². The zero-order valence-corrected chi connectivity index (χ0v) is 16.1. The van der Waals surface area contributed by atoms with E-state index in [0.29, 0.717) is 11.0 Å². The molecule has 2 atom stereocenters. The molecule has 0 bridgehead atoms. The van der Waals surface area contributed by atoms with Crippen molar-refractivity contribution in [1.82, 2.24) is 14.8 Å². The molecule has 1 aliphatic rings. The molecule has 1 aromatic heterocycles. The minimum absolute atomic E-state index is 0.0423. The fourth-order valence-electron chi connectivity index (χ4n) is 3.39. The number of rotatable bonds is 5. The molecule has 4 rings (SSSR count). The summed E-state index contributed by atoms with van der Waals surface area (Å²) in [6.45, 7) is -0.0510. The average molecular weight is 398 g/mol. The molecule has 28 heavy (non-hydrogen) atoms. The molecule has 0 fully saturated rings. The normalized spacial score (nSPS) is 18.2. The van der Waals surface area contributed by atoms with Crippen molar-refractivity contribution in [2.75, 3.05) is 24.4 Å². The number of carbonyl (C=O) groups is 1. The standard InChI is InChI=1S/C20H20ClN5O2/c1-28-12-18(27)23-19-24-20-22-16(13-5-3-2-4-6-13)11-17(26(20)25-19)14-7-9-15(21)10-8-14/h2-10,16-17H,11-12H2,1H3,(H2,22,23,24,25,27)/t16-,17-/m0/s1. The van der Waals surface area contributed by atoms with Gasteiger partial charge < -0.3 is 10.1 Å². The van der Waals surface area contributed by atoms with E-state index in [2.05, 4.69) is 32.8 Å². The predicted octanol–water partition coefficient (Wildman–Crippen LogP) is 3.66. The first-order valence-corrected chi connectivity index (χ1v) is 9.34. The van der Waals surface area contributed by atoms with Crippen molar-refractivity contribution >= 4 is 29.4 Å². The number of fused-ring (bicyclic) bond motifs is 1. The Morgan fingerprint density at radius 2 is 1.96 bits per heavy atom. The van der Waals surface area contributed by atoms with E-state index in [9.17, 15) is 4.79 Å². The van der Waals surface area contributed by atoms with Crippen LogP contribution in [0.25, 0.3) is 0 Å². The number of carbonyl (C=O) groups excluding carboxylic acids is 1. The maximum absolute atomic E-state index is 11.8. The Hall–Kier alpha value is -2.90. The Kier molecular flexibility index (Phi) is 5.27. The molecule has 0 saturated heterocycles. The van der Waals surface area contributed by atoms with E-state index in [-0.39, 0.29) is 30.5 Å². The van der Waals surface area contributed by atoms with Gasteiger partial charge in [0.15, 0.2) is 0 Å². The highest BCUT2D eigenvalue weighted by Gasteiger charge is 2.31. The van der Waals surface area contributed by atoms with E-state index in [1.54, 1.807) is 0 Å². The molecule has 7 nitrogen and oxygen atoms in total. The van der Waals surface area contributed by atoms with E-state index in [0.717, 1.165) is 12.0 Å². The van der Waals surface area contributed by atoms with Gasteiger partial charge in [0.25, 0.3) is 11.9 Å². The lowest BCUT2D eigenvalue weighted by Gasteiger charge is -2.31. The van der Waals surface area contributed by atoms with Crippen molar-refractivity contribution in [2.24, 2.45) is 0 Å². The second kappa shape index (κ2) is 8.00. The summed E-state index contributed by atoms with van der Waals surface area (Å²) in [4.78, 5) is 16.3. The lowest BCUT2D eigenvalue weighted by atomic mass is 9.93. The topological polar surface area (TPSA) is 81.1 Å². The van der Waals surface area contributed by atoms with Crippen LogP contribution in [-0.4, -0.2) is 34.4 Å². The van der Waals surface area contributed by atoms with Gasteiger partial charge in [0, 0.05) is 12.1 Å². The molecule has 1 aliphatic heterocycles. The number of halogens is 1. The van der Waals surface area contributed by atoms with E-state index in [4.69, 9.17) is 16.3 Å². The third kappa shape index (κ3) is 3.85. The number of nitrogens with zero attached hydrogens (tertiary/aromatic N) is 3. The Morgan fingerprint density at radius 3 is 2.68 bits per heavy atom. The Labute approximate surface area is 167 Å². The van der Waals surface area contributed by atoms with Crippen LogP contribution in [0, 0.1) is 0 Å². The highest BCUT2D eigenvalue weighted by Crippen LogP contribution is 2.38. The summed E-state index contributed by atoms with van der Waals surface area (Å²) >= 11 is 6.06. The van der Waals surface area contributed by atoms with Gasteiger partial charge in [0.2, 0.25) is 5.95 Å². The van der Waals surface area contributed by atoms with Crippen molar-refractivity contribution in [2.45, 2.75) is 18.5 Å². The molecule has 0 saturated carbocycles. The summed E-state index contributed by atoms with van der Waals surface area (Å²) in [5, 5.41) is 11.3. The molecule has 3 aromatic rings. The third-order valence-corrected chi connectivity index (χ3v) is 4.92. The van der Waals surface area contributed by atoms with Gasteiger partial charge in [0.05, 0.1) is 12.1 Å². The molecule has 0 spiro atoms. The highest BCUT2D eigenvalue weighted by molar-refractivity contribution is 6.30. The largest absolute Gasteiger partial charge is 0.375 e. The summed E-state index contributed by atoms with van der Waals surface area (Å²) in [5.41, 5.74) is 2.24. The monoisotopic (exact) mass is 397 g/mol. The number of methoxy groups -OCH3 is 1. The average Bonchev–Trinajstić information content (AvgIpc) is 3.11. The first-order valence-electron chi connectivity index (χ1n) is 8.96. The van der Waals surface area contributed by atoms with Crippen molar-refractivity contribution in [3.05, 3.63) is 70.7 Å². The van der Waals surface area contributed by atoms with Crippen molar-refractivity contribution in [3.63, 3.8) is 0 Å². The number of hydrogen-bond acceptors (Lipinski definition) is 5. The summed E-state index contributed by atoms with van der Waals surface area (Å²) in [5.74, 6) is 0.554. The molecular weight excluding hydrogens is 378 g/mol. The van der Waals surface area contributed by atoms with Crippen LogP contribution in [0.4, 0.5) is 11.9 Å². The molecule has 2 heterocycles. The maximum atomic E-state index is 11.8. The first kappa shape index (κ1) is 18.5. The minimum atomic E-state index is -0.298. The Bertz CT molecular complexity index is 958. The minimum Gasteiger partial charge on any atom is -0.375 e. The molecular formula is C20H20ClN5O2. The molecule has 0 radical (unpaired) electrons. The van der Waals surface area contributed by atoms with Gasteiger partial charge in [-0.3, -0.25) is 10.1 Å². The summed E-state index contributed by atoms with van der Waals surface area (Å²) in [6, 6.07) is 18.0. The van der Waals surface area contributed by atoms with E-state index in [1.807, 2.05) is 47.1 Å². The van der Waals surface area contributed by atoms with Crippen LogP contribution in [0.5, 0.6) is 0 Å². The molecule has 8 heteroatoms. The summed E-state index contributed by atoms with van der Waals surface area (Å²) < 4.78 is 6.66. The molecule has 0 unspecified atom stereocenters. The van der Waals surface area contributed by atoms with Crippen molar-refractivity contribution < 1.29 is 9.53 Å². The zero-order chi connectivity index (χ0) is 19.5. The van der Waals surface area contributed by atoms with Gasteiger partial charge in [-0.15, -0.1) is 5.10 Å². The highest BCUT2D eigenvalue weighted by atomic mass is 35.5. The van der Waals surface area contributed by atoms with Crippen LogP contribution in [0.2, 0.25) is 5.02 Å². The maximum Gasteiger partial charge on any atom is 0.252 e. The molecule has 2 aromatic carbocycles. The Balaban J connectivity index is 1.69. The van der Waals surface area contributed by atoms with Crippen LogP contribution in [0.1, 0.15) is 29.6 Å². The molecule has 0 aliphatic carbocycles. The lowest BCUT2D eigenvalue weighted by Crippen LogP contribution is -2.28. The second-order valence-electron chi connectivity index (χ2n) is 6.60. The summed E-state index contributed by atoms with van der Waals surface area (Å²) in [7, 11) is 1.47. The van der Waals surface area contributed by atoms with E-state index < -0.39 is 0 Å². The fourth-order valence-corrected chi connectivity index (χ4v) is 3.51. The van der Waals surface area contributed by atoms with Crippen LogP contribution < -0.4 is 10.6 Å². The number of aromatic nitrogens is 3. The van der Waals surface area contributed by atoms with Crippen LogP contribution in [0.3, 0.4) is 0 Å². The van der Waals surface area contributed by atoms with Gasteiger partial charge in [-0.2, -0.15) is 4.98 Å². The Morgan fingerprint density at radius 1 is 1.21 bits per heavy atom. The van der Waals surface area contributed by atoms with Gasteiger partial charge >= 0.3 is 0 Å². The number of amides is 1. The predicted molar refractivity (Wildman–Crippen MR) is 108 cm³/mol. The number of nitrogens with one attached hydrogen (secondary N) is 2. The number of benzene rings is 2. The molecule has 144 valence electrons. The van der Waals surface area contributed by atoms with Crippen LogP contribution in [-0.2, 0) is 9.53 Å².